The van der Waals surface area contributed by atoms with Crippen LogP contribution in [0.2, 0.25) is 0 Å². The van der Waals surface area contributed by atoms with Crippen LogP contribution in [0.15, 0.2) is 54.7 Å². The zero-order chi connectivity index (χ0) is 11.7. The van der Waals surface area contributed by atoms with Gasteiger partial charge in [-0.05, 0) is 18.2 Å². The Hall–Kier alpha value is -2.29. The number of ether oxygens (including phenoxy) is 1. The molecule has 0 aliphatic rings. The highest BCUT2D eigenvalue weighted by Gasteiger charge is 2.06. The molecule has 1 heterocycles. The quantitative estimate of drug-likeness (QED) is 0.669. The normalized spacial score (nSPS) is 10.6. The van der Waals surface area contributed by atoms with Gasteiger partial charge in [0.05, 0.1) is 12.8 Å². The summed E-state index contributed by atoms with van der Waals surface area (Å²) >= 11 is 0. The first-order chi connectivity index (χ1) is 8.38. The van der Waals surface area contributed by atoms with Crippen molar-refractivity contribution in [2.24, 2.45) is 0 Å². The molecular formula is C14H12N2O. The first-order valence-corrected chi connectivity index (χ1v) is 5.46. The molecule has 0 bridgehead atoms. The maximum atomic E-state index is 5.30. The van der Waals surface area contributed by atoms with Gasteiger partial charge in [-0.1, -0.05) is 30.3 Å². The molecule has 0 radical (unpaired) electrons. The molecule has 0 unspecified atom stereocenters. The van der Waals surface area contributed by atoms with Gasteiger partial charge >= 0.3 is 0 Å². The second kappa shape index (κ2) is 3.94. The van der Waals surface area contributed by atoms with E-state index in [0.717, 1.165) is 22.3 Å². The Bertz CT molecular complexity index is 644. The summed E-state index contributed by atoms with van der Waals surface area (Å²) in [5.41, 5.74) is 1.93. The van der Waals surface area contributed by atoms with Crippen LogP contribution in [-0.4, -0.2) is 16.9 Å². The number of aromatic nitrogens is 2. The molecule has 2 aromatic carbocycles. The van der Waals surface area contributed by atoms with Crippen LogP contribution in [0.5, 0.6) is 5.75 Å². The van der Waals surface area contributed by atoms with Gasteiger partial charge in [-0.2, -0.15) is 5.10 Å². The second-order valence-electron chi connectivity index (χ2n) is 3.81. The molecule has 84 valence electrons. The predicted molar refractivity (Wildman–Crippen MR) is 67.6 cm³/mol. The molecule has 0 amide bonds. The van der Waals surface area contributed by atoms with Crippen molar-refractivity contribution in [3.05, 3.63) is 54.7 Å². The summed E-state index contributed by atoms with van der Waals surface area (Å²) in [6.07, 6.45) is 2.01. The van der Waals surface area contributed by atoms with Gasteiger partial charge in [-0.3, -0.25) is 0 Å². The van der Waals surface area contributed by atoms with Crippen LogP contribution in [-0.2, 0) is 0 Å². The topological polar surface area (TPSA) is 27.1 Å². The second-order valence-corrected chi connectivity index (χ2v) is 3.81. The molecule has 0 aliphatic heterocycles. The Morgan fingerprint density at radius 2 is 1.82 bits per heavy atom. The molecular weight excluding hydrogens is 212 g/mol. The summed E-state index contributed by atoms with van der Waals surface area (Å²) in [5.74, 6) is 0.803. The number of nitrogens with zero attached hydrogens (tertiary/aromatic N) is 2. The third kappa shape index (κ3) is 1.65. The number of fused-ring (bicyclic) bond motifs is 1. The standard InChI is InChI=1S/C14H12N2O/c1-17-13-9-5-6-11-10-16(15-14(11)13)12-7-3-2-4-8-12/h2-10H,1H3. The molecule has 0 spiro atoms. The minimum absolute atomic E-state index is 0.803. The SMILES string of the molecule is COc1cccc2cn(-c3ccccc3)nc12. The summed E-state index contributed by atoms with van der Waals surface area (Å²) in [6, 6.07) is 16.0. The van der Waals surface area contributed by atoms with Crippen LogP contribution in [0.4, 0.5) is 0 Å². The minimum Gasteiger partial charge on any atom is -0.494 e. The molecule has 1 aromatic heterocycles. The molecule has 0 atom stereocenters. The van der Waals surface area contributed by atoms with Crippen LogP contribution in [0.3, 0.4) is 0 Å². The molecule has 3 heteroatoms. The van der Waals surface area contributed by atoms with Crippen molar-refractivity contribution in [2.75, 3.05) is 7.11 Å². The highest BCUT2D eigenvalue weighted by Crippen LogP contribution is 2.24. The van der Waals surface area contributed by atoms with Crippen LogP contribution < -0.4 is 4.74 Å². The fraction of sp³-hybridized carbons (Fsp3) is 0.0714. The summed E-state index contributed by atoms with van der Waals surface area (Å²) in [4.78, 5) is 0. The molecule has 17 heavy (non-hydrogen) atoms. The molecule has 0 fully saturated rings. The van der Waals surface area contributed by atoms with E-state index in [1.165, 1.54) is 0 Å². The van der Waals surface area contributed by atoms with Gasteiger partial charge in [0.25, 0.3) is 0 Å². The highest BCUT2D eigenvalue weighted by molar-refractivity contribution is 5.84. The third-order valence-corrected chi connectivity index (χ3v) is 2.74. The lowest BCUT2D eigenvalue weighted by Gasteiger charge is -1.99. The van der Waals surface area contributed by atoms with Crippen molar-refractivity contribution in [1.29, 1.82) is 0 Å². The zero-order valence-electron chi connectivity index (χ0n) is 9.50. The molecule has 0 saturated heterocycles. The third-order valence-electron chi connectivity index (χ3n) is 2.74. The summed E-state index contributed by atoms with van der Waals surface area (Å²) < 4.78 is 7.17. The first-order valence-electron chi connectivity index (χ1n) is 5.46. The van der Waals surface area contributed by atoms with Crippen LogP contribution in [0.25, 0.3) is 16.6 Å². The van der Waals surface area contributed by atoms with E-state index in [1.807, 2.05) is 59.4 Å². The Morgan fingerprint density at radius 3 is 2.59 bits per heavy atom. The molecule has 3 nitrogen and oxygen atoms in total. The number of methoxy groups -OCH3 is 1. The lowest BCUT2D eigenvalue weighted by molar-refractivity contribution is 0.418. The smallest absolute Gasteiger partial charge is 0.146 e. The van der Waals surface area contributed by atoms with Gasteiger partial charge in [0, 0.05) is 11.6 Å². The number of para-hydroxylation sites is 1. The molecule has 0 N–H and O–H groups in total. The van der Waals surface area contributed by atoms with E-state index in [2.05, 4.69) is 5.10 Å². The van der Waals surface area contributed by atoms with Gasteiger partial charge in [0.2, 0.25) is 0 Å². The van der Waals surface area contributed by atoms with Crippen LogP contribution >= 0.6 is 0 Å². The van der Waals surface area contributed by atoms with E-state index in [0.29, 0.717) is 0 Å². The lowest BCUT2D eigenvalue weighted by Crippen LogP contribution is -1.93. The highest BCUT2D eigenvalue weighted by atomic mass is 16.5. The van der Waals surface area contributed by atoms with Crippen molar-refractivity contribution in [3.8, 4) is 11.4 Å². The first kappa shape index (κ1) is 9.90. The van der Waals surface area contributed by atoms with Crippen LogP contribution in [0.1, 0.15) is 0 Å². The maximum absolute atomic E-state index is 5.30. The van der Waals surface area contributed by atoms with E-state index in [4.69, 9.17) is 4.74 Å². The Kier molecular flexibility index (Phi) is 2.29. The number of hydrogen-bond donors (Lipinski definition) is 0. The van der Waals surface area contributed by atoms with Crippen molar-refractivity contribution >= 4 is 10.9 Å². The lowest BCUT2D eigenvalue weighted by atomic mass is 10.2. The Balaban J connectivity index is 2.20. The van der Waals surface area contributed by atoms with Crippen molar-refractivity contribution in [1.82, 2.24) is 9.78 Å². The van der Waals surface area contributed by atoms with Crippen molar-refractivity contribution < 1.29 is 4.74 Å². The average molecular weight is 224 g/mol. The number of benzene rings is 2. The molecule has 3 aromatic rings. The monoisotopic (exact) mass is 224 g/mol. The number of rotatable bonds is 2. The predicted octanol–water partition coefficient (Wildman–Crippen LogP) is 3.03. The van der Waals surface area contributed by atoms with Crippen molar-refractivity contribution in [2.45, 2.75) is 0 Å². The van der Waals surface area contributed by atoms with Gasteiger partial charge in [-0.15, -0.1) is 0 Å². The van der Waals surface area contributed by atoms with Gasteiger partial charge in [0.15, 0.2) is 0 Å². The van der Waals surface area contributed by atoms with E-state index in [-0.39, 0.29) is 0 Å². The van der Waals surface area contributed by atoms with Gasteiger partial charge in [-0.25, -0.2) is 4.68 Å². The van der Waals surface area contributed by atoms with E-state index >= 15 is 0 Å². The Morgan fingerprint density at radius 1 is 1.00 bits per heavy atom. The summed E-state index contributed by atoms with van der Waals surface area (Å²) in [7, 11) is 1.66. The summed E-state index contributed by atoms with van der Waals surface area (Å²) in [6.45, 7) is 0. The summed E-state index contributed by atoms with van der Waals surface area (Å²) in [5, 5.41) is 5.62. The fourth-order valence-corrected chi connectivity index (χ4v) is 1.90. The largest absolute Gasteiger partial charge is 0.494 e. The van der Waals surface area contributed by atoms with E-state index < -0.39 is 0 Å². The van der Waals surface area contributed by atoms with Crippen LogP contribution in [0, 0.1) is 0 Å². The van der Waals surface area contributed by atoms with Crippen molar-refractivity contribution in [3.63, 3.8) is 0 Å². The maximum Gasteiger partial charge on any atom is 0.146 e. The zero-order valence-corrected chi connectivity index (χ0v) is 9.50. The number of hydrogen-bond acceptors (Lipinski definition) is 2. The molecule has 3 rings (SSSR count). The molecule has 0 saturated carbocycles. The average Bonchev–Trinajstić information content (AvgIpc) is 2.83. The fourth-order valence-electron chi connectivity index (χ4n) is 1.90. The molecule has 0 aliphatic carbocycles. The van der Waals surface area contributed by atoms with E-state index in [1.54, 1.807) is 7.11 Å². The minimum atomic E-state index is 0.803. The van der Waals surface area contributed by atoms with Gasteiger partial charge < -0.3 is 4.74 Å². The van der Waals surface area contributed by atoms with E-state index in [9.17, 15) is 0 Å². The van der Waals surface area contributed by atoms with Gasteiger partial charge in [0.1, 0.15) is 11.3 Å². The Labute approximate surface area is 99.3 Å².